The fraction of sp³-hybridized carbons (Fsp3) is 0.227. The van der Waals surface area contributed by atoms with Gasteiger partial charge in [-0.15, -0.1) is 0 Å². The van der Waals surface area contributed by atoms with E-state index in [1.807, 2.05) is 18.2 Å². The van der Waals surface area contributed by atoms with E-state index >= 15 is 0 Å². The van der Waals surface area contributed by atoms with E-state index in [1.165, 1.54) is 0 Å². The molecule has 30 heavy (non-hydrogen) atoms. The molecule has 1 aliphatic heterocycles. The Balaban J connectivity index is 1.34. The lowest BCUT2D eigenvalue weighted by atomic mass is 10.1. The minimum Gasteiger partial charge on any atom is -0.381 e. The molecule has 0 aliphatic carbocycles. The third-order valence-corrected chi connectivity index (χ3v) is 4.89. The summed E-state index contributed by atoms with van der Waals surface area (Å²) in [4.78, 5) is 17.7. The second-order valence-electron chi connectivity index (χ2n) is 7.06. The molecule has 1 unspecified atom stereocenters. The van der Waals surface area contributed by atoms with E-state index in [0.29, 0.717) is 29.1 Å². The lowest BCUT2D eigenvalue weighted by Gasteiger charge is -2.09. The van der Waals surface area contributed by atoms with Crippen LogP contribution in [-0.2, 0) is 4.74 Å². The van der Waals surface area contributed by atoms with E-state index < -0.39 is 0 Å². The van der Waals surface area contributed by atoms with Crippen molar-refractivity contribution in [2.45, 2.75) is 6.42 Å². The summed E-state index contributed by atoms with van der Waals surface area (Å²) in [6.07, 6.45) is 6.24. The number of benzene rings is 1. The van der Waals surface area contributed by atoms with Gasteiger partial charge in [-0.2, -0.15) is 5.10 Å². The third-order valence-electron chi connectivity index (χ3n) is 4.89. The van der Waals surface area contributed by atoms with Crippen LogP contribution in [0.1, 0.15) is 17.7 Å². The Morgan fingerprint density at radius 2 is 2.07 bits per heavy atom. The van der Waals surface area contributed by atoms with Crippen LogP contribution >= 0.6 is 0 Å². The molecule has 4 aromatic rings. The average Bonchev–Trinajstić information content (AvgIpc) is 3.48. The number of hydrogen-bond donors (Lipinski definition) is 2. The van der Waals surface area contributed by atoms with Crippen LogP contribution in [0.3, 0.4) is 0 Å². The minimum absolute atomic E-state index is 0.494. The van der Waals surface area contributed by atoms with Crippen LogP contribution in [0, 0.1) is 17.8 Å². The predicted octanol–water partition coefficient (Wildman–Crippen LogP) is 2.66. The van der Waals surface area contributed by atoms with Gasteiger partial charge in [-0.25, -0.2) is 19.9 Å². The van der Waals surface area contributed by atoms with E-state index in [2.05, 4.69) is 47.3 Å². The van der Waals surface area contributed by atoms with Gasteiger partial charge in [-0.05, 0) is 42.7 Å². The number of rotatable bonds is 4. The average molecular weight is 397 g/mol. The van der Waals surface area contributed by atoms with Crippen molar-refractivity contribution < 1.29 is 4.74 Å². The first-order valence-electron chi connectivity index (χ1n) is 9.77. The smallest absolute Gasteiger partial charge is 0.223 e. The van der Waals surface area contributed by atoms with Gasteiger partial charge in [0.15, 0.2) is 5.82 Å². The largest absolute Gasteiger partial charge is 0.381 e. The Morgan fingerprint density at radius 3 is 3.00 bits per heavy atom. The zero-order valence-corrected chi connectivity index (χ0v) is 16.2. The van der Waals surface area contributed by atoms with E-state index in [9.17, 15) is 0 Å². The van der Waals surface area contributed by atoms with Crippen LogP contribution in [0.5, 0.6) is 0 Å². The van der Waals surface area contributed by atoms with E-state index in [-0.39, 0.29) is 0 Å². The molecule has 8 heteroatoms. The number of ether oxygens (including phenoxy) is 1. The van der Waals surface area contributed by atoms with Gasteiger partial charge in [0, 0.05) is 42.4 Å². The number of hydrogen-bond acceptors (Lipinski definition) is 7. The molecule has 0 bridgehead atoms. The number of H-pyrrole nitrogens is 1. The van der Waals surface area contributed by atoms with Crippen molar-refractivity contribution in [1.29, 1.82) is 0 Å². The lowest BCUT2D eigenvalue weighted by molar-refractivity contribution is 0.187. The summed E-state index contributed by atoms with van der Waals surface area (Å²) >= 11 is 0. The molecule has 3 aromatic heterocycles. The Kier molecular flexibility index (Phi) is 5.02. The maximum absolute atomic E-state index is 5.41. The summed E-state index contributed by atoms with van der Waals surface area (Å²) in [6.45, 7) is 2.39. The van der Waals surface area contributed by atoms with Crippen LogP contribution in [0.2, 0.25) is 0 Å². The van der Waals surface area contributed by atoms with Crippen molar-refractivity contribution in [3.63, 3.8) is 0 Å². The number of nitrogens with zero attached hydrogens (tertiary/aromatic N) is 5. The predicted molar refractivity (Wildman–Crippen MR) is 113 cm³/mol. The highest BCUT2D eigenvalue weighted by atomic mass is 16.5. The molecule has 1 aromatic carbocycles. The molecule has 1 saturated heterocycles. The normalized spacial score (nSPS) is 15.7. The molecule has 0 spiro atoms. The number of nitrogens with one attached hydrogen (secondary N) is 2. The number of anilines is 1. The summed E-state index contributed by atoms with van der Waals surface area (Å²) in [6, 6.07) is 9.49. The van der Waals surface area contributed by atoms with Gasteiger partial charge in [-0.1, -0.05) is 5.92 Å². The van der Waals surface area contributed by atoms with E-state index in [4.69, 9.17) is 4.74 Å². The highest BCUT2D eigenvalue weighted by molar-refractivity contribution is 5.79. The summed E-state index contributed by atoms with van der Waals surface area (Å²) in [5.41, 5.74) is 3.16. The Labute approximate surface area is 173 Å². The van der Waals surface area contributed by atoms with Gasteiger partial charge in [0.25, 0.3) is 0 Å². The summed E-state index contributed by atoms with van der Waals surface area (Å²) in [7, 11) is 0. The maximum atomic E-state index is 5.41. The molecule has 1 atom stereocenters. The van der Waals surface area contributed by atoms with Crippen molar-refractivity contribution in [2.75, 3.05) is 25.1 Å². The molecule has 1 fully saturated rings. The molecule has 5 rings (SSSR count). The van der Waals surface area contributed by atoms with Crippen LogP contribution in [0.15, 0.2) is 48.9 Å². The van der Waals surface area contributed by atoms with Crippen molar-refractivity contribution in [1.82, 2.24) is 30.1 Å². The monoisotopic (exact) mass is 397 g/mol. The van der Waals surface area contributed by atoms with Gasteiger partial charge in [0.05, 0.1) is 18.3 Å². The zero-order valence-electron chi connectivity index (χ0n) is 16.2. The lowest BCUT2D eigenvalue weighted by Crippen LogP contribution is -2.15. The number of aromatic nitrogens is 6. The van der Waals surface area contributed by atoms with Crippen LogP contribution in [-0.4, -0.2) is 49.9 Å². The van der Waals surface area contributed by atoms with Crippen molar-refractivity contribution in [3.8, 4) is 23.4 Å². The maximum Gasteiger partial charge on any atom is 0.223 e. The second-order valence-corrected chi connectivity index (χ2v) is 7.06. The van der Waals surface area contributed by atoms with Gasteiger partial charge >= 0.3 is 0 Å². The molecule has 1 aliphatic rings. The quantitative estimate of drug-likeness (QED) is 0.511. The molecule has 8 nitrogen and oxygen atoms in total. The van der Waals surface area contributed by atoms with E-state index in [1.54, 1.807) is 30.7 Å². The second kappa shape index (κ2) is 8.27. The molecule has 0 amide bonds. The molecule has 2 N–H and O–H groups in total. The highest BCUT2D eigenvalue weighted by Gasteiger charge is 2.15. The SMILES string of the molecule is C(#Cc1ccnc(-c2ccnc(NCC3CCOC3)n2)n1)c1ccc2[nH]ncc2c1. The van der Waals surface area contributed by atoms with Crippen molar-refractivity contribution in [3.05, 3.63) is 60.2 Å². The Bertz CT molecular complexity index is 1230. The first kappa shape index (κ1) is 18.2. The zero-order chi connectivity index (χ0) is 20.2. The summed E-state index contributed by atoms with van der Waals surface area (Å²) < 4.78 is 5.41. The van der Waals surface area contributed by atoms with Crippen molar-refractivity contribution >= 4 is 16.9 Å². The first-order chi connectivity index (χ1) is 14.8. The highest BCUT2D eigenvalue weighted by Crippen LogP contribution is 2.16. The fourth-order valence-electron chi connectivity index (χ4n) is 3.26. The molecular formula is C22H19N7O. The first-order valence-corrected chi connectivity index (χ1v) is 9.77. The fourth-order valence-corrected chi connectivity index (χ4v) is 3.26. The van der Waals surface area contributed by atoms with Crippen LogP contribution in [0.4, 0.5) is 5.95 Å². The van der Waals surface area contributed by atoms with Crippen LogP contribution in [0.25, 0.3) is 22.4 Å². The van der Waals surface area contributed by atoms with Gasteiger partial charge in [-0.3, -0.25) is 5.10 Å². The molecular weight excluding hydrogens is 378 g/mol. The Hall–Kier alpha value is -3.83. The van der Waals surface area contributed by atoms with Crippen LogP contribution < -0.4 is 5.32 Å². The summed E-state index contributed by atoms with van der Waals surface area (Å²) in [5, 5.41) is 11.3. The molecule has 0 radical (unpaired) electrons. The number of aromatic amines is 1. The summed E-state index contributed by atoms with van der Waals surface area (Å²) in [5.74, 6) is 7.82. The molecule has 0 saturated carbocycles. The molecule has 4 heterocycles. The number of fused-ring (bicyclic) bond motifs is 1. The van der Waals surface area contributed by atoms with Gasteiger partial charge in [0.2, 0.25) is 5.95 Å². The standard InChI is InChI=1S/C22H19N7O/c1(15-2-4-19-17(11-15)13-26-29-19)3-18-5-8-23-21(27-18)20-6-9-24-22(28-20)25-12-16-7-10-30-14-16/h2,4-6,8-9,11,13,16H,7,10,12,14H2,(H,26,29)(H,24,25,28). The third kappa shape index (κ3) is 4.11. The Morgan fingerprint density at radius 1 is 1.10 bits per heavy atom. The minimum atomic E-state index is 0.494. The topological polar surface area (TPSA) is 102 Å². The van der Waals surface area contributed by atoms with Gasteiger partial charge < -0.3 is 10.1 Å². The van der Waals surface area contributed by atoms with Crippen molar-refractivity contribution in [2.24, 2.45) is 5.92 Å². The molecule has 148 valence electrons. The van der Waals surface area contributed by atoms with E-state index in [0.717, 1.165) is 42.6 Å². The van der Waals surface area contributed by atoms with Gasteiger partial charge in [0.1, 0.15) is 11.4 Å².